The third-order valence-corrected chi connectivity index (χ3v) is 7.29. The van der Waals surface area contributed by atoms with E-state index in [4.69, 9.17) is 0 Å². The molecule has 5 rings (SSSR count). The molecule has 30 heavy (non-hydrogen) atoms. The molecule has 0 bridgehead atoms. The number of nitrogens with zero attached hydrogens (tertiary/aromatic N) is 2. The van der Waals surface area contributed by atoms with Crippen molar-refractivity contribution in [1.82, 2.24) is 20.4 Å². The Morgan fingerprint density at radius 1 is 1.07 bits per heavy atom. The first-order valence-electron chi connectivity index (χ1n) is 11.3. The number of nitrogens with one attached hydrogen (secondary N) is 2. The molecule has 1 aromatic rings. The number of benzene rings is 1. The van der Waals surface area contributed by atoms with E-state index in [1.807, 2.05) is 6.07 Å². The number of piperidine rings is 1. The maximum atomic E-state index is 12.9. The van der Waals surface area contributed by atoms with Crippen molar-refractivity contribution >= 4 is 17.7 Å². The van der Waals surface area contributed by atoms with Gasteiger partial charge in [-0.3, -0.25) is 24.6 Å². The lowest BCUT2D eigenvalue weighted by Gasteiger charge is -2.38. The molecule has 2 saturated heterocycles. The molecule has 3 fully saturated rings. The van der Waals surface area contributed by atoms with E-state index in [0.29, 0.717) is 24.6 Å². The van der Waals surface area contributed by atoms with Crippen LogP contribution in [0.25, 0.3) is 0 Å². The van der Waals surface area contributed by atoms with Gasteiger partial charge in [-0.1, -0.05) is 25.0 Å². The summed E-state index contributed by atoms with van der Waals surface area (Å²) >= 11 is 0. The summed E-state index contributed by atoms with van der Waals surface area (Å²) in [6.45, 7) is 4.56. The number of rotatable bonds is 3. The molecule has 3 atom stereocenters. The molecular formula is C23H30N4O3. The fourth-order valence-electron chi connectivity index (χ4n) is 5.74. The molecule has 7 heteroatoms. The highest BCUT2D eigenvalue weighted by Crippen LogP contribution is 2.32. The maximum Gasteiger partial charge on any atom is 0.255 e. The minimum Gasteiger partial charge on any atom is -0.322 e. The Balaban J connectivity index is 1.32. The summed E-state index contributed by atoms with van der Waals surface area (Å²) in [5.41, 5.74) is 2.92. The van der Waals surface area contributed by atoms with Gasteiger partial charge in [0.1, 0.15) is 6.04 Å². The lowest BCUT2D eigenvalue weighted by molar-refractivity contribution is -0.136. The zero-order chi connectivity index (χ0) is 20.7. The van der Waals surface area contributed by atoms with Crippen LogP contribution < -0.4 is 10.6 Å². The molecule has 160 valence electrons. The van der Waals surface area contributed by atoms with E-state index < -0.39 is 6.04 Å². The van der Waals surface area contributed by atoms with Crippen LogP contribution in [-0.4, -0.2) is 59.2 Å². The van der Waals surface area contributed by atoms with E-state index in [9.17, 15) is 14.4 Å². The Labute approximate surface area is 177 Å². The molecule has 1 saturated carbocycles. The van der Waals surface area contributed by atoms with Gasteiger partial charge >= 0.3 is 0 Å². The lowest BCUT2D eigenvalue weighted by atomic mass is 9.83. The van der Waals surface area contributed by atoms with Gasteiger partial charge in [0.05, 0.1) is 0 Å². The van der Waals surface area contributed by atoms with Gasteiger partial charge in [0.25, 0.3) is 5.91 Å². The molecule has 7 nitrogen and oxygen atoms in total. The SMILES string of the molecule is O=C1CCC(N2Cc3cc(CN4CCNCC5CCCCC54)ccc3C2=O)C(=O)N1. The number of imide groups is 1. The summed E-state index contributed by atoms with van der Waals surface area (Å²) in [4.78, 5) is 40.8. The van der Waals surface area contributed by atoms with E-state index in [1.165, 1.54) is 31.2 Å². The topological polar surface area (TPSA) is 81.8 Å². The van der Waals surface area contributed by atoms with E-state index >= 15 is 0 Å². The monoisotopic (exact) mass is 410 g/mol. The van der Waals surface area contributed by atoms with Crippen molar-refractivity contribution in [1.29, 1.82) is 0 Å². The number of hydrogen-bond acceptors (Lipinski definition) is 5. The minimum atomic E-state index is -0.550. The summed E-state index contributed by atoms with van der Waals surface area (Å²) in [7, 11) is 0. The van der Waals surface area contributed by atoms with Crippen LogP contribution >= 0.6 is 0 Å². The first-order valence-corrected chi connectivity index (χ1v) is 11.3. The normalized spacial score (nSPS) is 29.9. The Bertz CT molecular complexity index is 870. The van der Waals surface area contributed by atoms with E-state index in [1.54, 1.807) is 4.90 Å². The molecule has 2 N–H and O–H groups in total. The van der Waals surface area contributed by atoms with Crippen LogP contribution in [0, 0.1) is 5.92 Å². The highest BCUT2D eigenvalue weighted by atomic mass is 16.2. The number of carbonyl (C=O) groups excluding carboxylic acids is 3. The summed E-state index contributed by atoms with van der Waals surface area (Å²) < 4.78 is 0. The second-order valence-electron chi connectivity index (χ2n) is 9.18. The molecule has 4 aliphatic rings. The molecule has 0 aromatic heterocycles. The fourth-order valence-corrected chi connectivity index (χ4v) is 5.74. The average molecular weight is 411 g/mol. The number of fused-ring (bicyclic) bond motifs is 2. The van der Waals surface area contributed by atoms with Crippen molar-refractivity contribution < 1.29 is 14.4 Å². The minimum absolute atomic E-state index is 0.0997. The Kier molecular flexibility index (Phi) is 5.33. The van der Waals surface area contributed by atoms with Crippen molar-refractivity contribution in [3.8, 4) is 0 Å². The molecule has 0 spiro atoms. The maximum absolute atomic E-state index is 12.9. The standard InChI is InChI=1S/C23H30N4O3/c28-21-8-7-20(22(29)25-21)27-14-17-11-15(5-6-18(17)23(27)30)13-26-10-9-24-12-16-3-1-2-4-19(16)26/h5-6,11,16,19-20,24H,1-4,7-10,12-14H2,(H,25,28,29). The highest BCUT2D eigenvalue weighted by molar-refractivity contribution is 6.05. The van der Waals surface area contributed by atoms with Crippen LogP contribution in [0.3, 0.4) is 0 Å². The summed E-state index contributed by atoms with van der Waals surface area (Å²) in [6, 6.07) is 6.23. The van der Waals surface area contributed by atoms with Crippen molar-refractivity contribution in [3.63, 3.8) is 0 Å². The first kappa shape index (κ1) is 19.7. The molecule has 0 radical (unpaired) electrons. The molecule has 3 aliphatic heterocycles. The zero-order valence-corrected chi connectivity index (χ0v) is 17.4. The Morgan fingerprint density at radius 3 is 2.80 bits per heavy atom. The zero-order valence-electron chi connectivity index (χ0n) is 17.4. The Hall–Kier alpha value is -2.25. The third-order valence-electron chi connectivity index (χ3n) is 7.29. The van der Waals surface area contributed by atoms with E-state index in [2.05, 4.69) is 27.7 Å². The quantitative estimate of drug-likeness (QED) is 0.737. The van der Waals surface area contributed by atoms with Crippen molar-refractivity contribution in [3.05, 3.63) is 34.9 Å². The first-order chi connectivity index (χ1) is 14.6. The molecular weight excluding hydrogens is 380 g/mol. The van der Waals surface area contributed by atoms with Crippen LogP contribution in [0.5, 0.6) is 0 Å². The predicted octanol–water partition coefficient (Wildman–Crippen LogP) is 1.41. The van der Waals surface area contributed by atoms with Crippen LogP contribution in [0.15, 0.2) is 18.2 Å². The van der Waals surface area contributed by atoms with Gasteiger partial charge in [0, 0.05) is 44.2 Å². The van der Waals surface area contributed by atoms with Crippen LogP contribution in [-0.2, 0) is 22.7 Å². The van der Waals surface area contributed by atoms with Gasteiger partial charge in [-0.2, -0.15) is 0 Å². The smallest absolute Gasteiger partial charge is 0.255 e. The molecule has 1 aliphatic carbocycles. The second-order valence-corrected chi connectivity index (χ2v) is 9.18. The van der Waals surface area contributed by atoms with Gasteiger partial charge in [0.15, 0.2) is 0 Å². The predicted molar refractivity (Wildman–Crippen MR) is 112 cm³/mol. The van der Waals surface area contributed by atoms with E-state index in [-0.39, 0.29) is 24.1 Å². The van der Waals surface area contributed by atoms with Crippen molar-refractivity contribution in [2.45, 2.75) is 63.7 Å². The van der Waals surface area contributed by atoms with Gasteiger partial charge in [-0.15, -0.1) is 0 Å². The molecule has 3 heterocycles. The lowest BCUT2D eigenvalue weighted by Crippen LogP contribution is -2.52. The molecule has 3 amide bonds. The van der Waals surface area contributed by atoms with Crippen molar-refractivity contribution in [2.75, 3.05) is 19.6 Å². The van der Waals surface area contributed by atoms with Crippen molar-refractivity contribution in [2.24, 2.45) is 5.92 Å². The van der Waals surface area contributed by atoms with Gasteiger partial charge in [-0.05, 0) is 48.9 Å². The highest BCUT2D eigenvalue weighted by Gasteiger charge is 2.39. The molecule has 3 unspecified atom stereocenters. The number of carbonyl (C=O) groups is 3. The third kappa shape index (κ3) is 3.65. The number of hydrogen-bond donors (Lipinski definition) is 2. The van der Waals surface area contributed by atoms with Gasteiger partial charge in [-0.25, -0.2) is 0 Å². The number of amides is 3. The summed E-state index contributed by atoms with van der Waals surface area (Å²) in [5, 5.41) is 5.97. The second kappa shape index (κ2) is 8.12. The van der Waals surface area contributed by atoms with Crippen LogP contribution in [0.1, 0.15) is 60.0 Å². The fraction of sp³-hybridized carbons (Fsp3) is 0.609. The van der Waals surface area contributed by atoms with Crippen LogP contribution in [0.2, 0.25) is 0 Å². The van der Waals surface area contributed by atoms with Gasteiger partial charge < -0.3 is 10.2 Å². The van der Waals surface area contributed by atoms with Gasteiger partial charge in [0.2, 0.25) is 11.8 Å². The summed E-state index contributed by atoms with van der Waals surface area (Å²) in [5.74, 6) is 0.0290. The largest absolute Gasteiger partial charge is 0.322 e. The summed E-state index contributed by atoms with van der Waals surface area (Å²) in [6.07, 6.45) is 5.94. The molecule has 1 aromatic carbocycles. The van der Waals surface area contributed by atoms with Crippen LogP contribution in [0.4, 0.5) is 0 Å². The van der Waals surface area contributed by atoms with E-state index in [0.717, 1.165) is 37.7 Å². The Morgan fingerprint density at radius 2 is 1.93 bits per heavy atom. The average Bonchev–Trinajstić information content (AvgIpc) is 2.92.